The van der Waals surface area contributed by atoms with E-state index in [2.05, 4.69) is 33.7 Å². The average molecular weight is 214 g/mol. The van der Waals surface area contributed by atoms with Crippen LogP contribution in [0.5, 0.6) is 0 Å². The van der Waals surface area contributed by atoms with E-state index >= 15 is 0 Å². The molecule has 1 aromatic carbocycles. The third kappa shape index (κ3) is 1.30. The molecule has 1 N–H and O–H groups in total. The Bertz CT molecular complexity index is 542. The van der Waals surface area contributed by atoms with Crippen molar-refractivity contribution in [1.82, 2.24) is 14.8 Å². The normalized spacial score (nSPS) is 13.6. The standard InChI is InChI=1S/C12H14N4/c1-8-14-15-12(16(8)2)10-3-4-11-9(7-10)5-6-13-11/h3-4,7,13H,5-6H2,1-2H3. The summed E-state index contributed by atoms with van der Waals surface area (Å²) in [4.78, 5) is 0. The molecule has 1 aliphatic rings. The van der Waals surface area contributed by atoms with Crippen molar-refractivity contribution in [2.75, 3.05) is 11.9 Å². The zero-order valence-corrected chi connectivity index (χ0v) is 9.49. The molecule has 3 rings (SSSR count). The van der Waals surface area contributed by atoms with Gasteiger partial charge in [-0.25, -0.2) is 0 Å². The van der Waals surface area contributed by atoms with Crippen LogP contribution in [0.4, 0.5) is 5.69 Å². The van der Waals surface area contributed by atoms with Crippen LogP contribution in [-0.4, -0.2) is 21.3 Å². The fourth-order valence-corrected chi connectivity index (χ4v) is 2.10. The van der Waals surface area contributed by atoms with Gasteiger partial charge in [-0.05, 0) is 37.1 Å². The first kappa shape index (κ1) is 9.39. The Labute approximate surface area is 94.3 Å². The average Bonchev–Trinajstić information content (AvgIpc) is 2.86. The lowest BCUT2D eigenvalue weighted by atomic mass is 10.1. The minimum absolute atomic E-state index is 0.937. The van der Waals surface area contributed by atoms with E-state index in [0.717, 1.165) is 30.2 Å². The van der Waals surface area contributed by atoms with Crippen molar-refractivity contribution in [3.8, 4) is 11.4 Å². The Morgan fingerprint density at radius 3 is 2.94 bits per heavy atom. The number of hydrogen-bond donors (Lipinski definition) is 1. The Morgan fingerprint density at radius 2 is 2.19 bits per heavy atom. The van der Waals surface area contributed by atoms with Crippen molar-refractivity contribution in [2.24, 2.45) is 7.05 Å². The number of aryl methyl sites for hydroxylation is 1. The van der Waals surface area contributed by atoms with Gasteiger partial charge in [0.15, 0.2) is 5.82 Å². The molecule has 0 aliphatic carbocycles. The number of rotatable bonds is 1. The van der Waals surface area contributed by atoms with Crippen LogP contribution < -0.4 is 5.32 Å². The lowest BCUT2D eigenvalue weighted by Gasteiger charge is -2.04. The van der Waals surface area contributed by atoms with E-state index in [1.54, 1.807) is 0 Å². The van der Waals surface area contributed by atoms with Gasteiger partial charge in [0.25, 0.3) is 0 Å². The third-order valence-electron chi connectivity index (χ3n) is 3.17. The fourth-order valence-electron chi connectivity index (χ4n) is 2.10. The van der Waals surface area contributed by atoms with Crippen LogP contribution in [0.1, 0.15) is 11.4 Å². The van der Waals surface area contributed by atoms with Gasteiger partial charge in [0.05, 0.1) is 0 Å². The van der Waals surface area contributed by atoms with Crippen LogP contribution in [0.3, 0.4) is 0 Å². The molecule has 0 saturated heterocycles. The Kier molecular flexibility index (Phi) is 1.96. The van der Waals surface area contributed by atoms with E-state index in [1.807, 2.05) is 18.5 Å². The maximum absolute atomic E-state index is 4.20. The predicted octanol–water partition coefficient (Wildman–Crippen LogP) is 1.76. The lowest BCUT2D eigenvalue weighted by molar-refractivity contribution is 0.865. The van der Waals surface area contributed by atoms with Crippen LogP contribution in [-0.2, 0) is 13.5 Å². The number of aromatic nitrogens is 3. The van der Waals surface area contributed by atoms with E-state index in [1.165, 1.54) is 11.3 Å². The zero-order valence-electron chi connectivity index (χ0n) is 9.49. The van der Waals surface area contributed by atoms with Crippen LogP contribution in [0.2, 0.25) is 0 Å². The summed E-state index contributed by atoms with van der Waals surface area (Å²) in [5, 5.41) is 11.6. The van der Waals surface area contributed by atoms with Crippen LogP contribution in [0.15, 0.2) is 18.2 Å². The van der Waals surface area contributed by atoms with Gasteiger partial charge in [-0.1, -0.05) is 0 Å². The van der Waals surface area contributed by atoms with Gasteiger partial charge in [-0.15, -0.1) is 10.2 Å². The van der Waals surface area contributed by atoms with E-state index in [-0.39, 0.29) is 0 Å². The van der Waals surface area contributed by atoms with Crippen molar-refractivity contribution in [3.63, 3.8) is 0 Å². The topological polar surface area (TPSA) is 42.7 Å². The highest BCUT2D eigenvalue weighted by Gasteiger charge is 2.13. The van der Waals surface area contributed by atoms with E-state index in [0.29, 0.717) is 0 Å². The first-order valence-corrected chi connectivity index (χ1v) is 5.49. The SMILES string of the molecule is Cc1nnc(-c2ccc3c(c2)CCN3)n1C. The van der Waals surface area contributed by atoms with Crippen LogP contribution >= 0.6 is 0 Å². The molecule has 2 aromatic rings. The molecule has 0 saturated carbocycles. The highest BCUT2D eigenvalue weighted by Crippen LogP contribution is 2.27. The first-order chi connectivity index (χ1) is 7.75. The zero-order chi connectivity index (χ0) is 11.1. The van der Waals surface area contributed by atoms with Crippen LogP contribution in [0, 0.1) is 6.92 Å². The molecule has 0 fully saturated rings. The molecular weight excluding hydrogens is 200 g/mol. The number of fused-ring (bicyclic) bond motifs is 1. The van der Waals surface area contributed by atoms with E-state index < -0.39 is 0 Å². The Hall–Kier alpha value is -1.84. The molecule has 4 heteroatoms. The second kappa shape index (κ2) is 3.33. The summed E-state index contributed by atoms with van der Waals surface area (Å²) < 4.78 is 2.02. The molecule has 0 bridgehead atoms. The number of anilines is 1. The summed E-state index contributed by atoms with van der Waals surface area (Å²) in [6, 6.07) is 6.43. The molecule has 0 unspecified atom stereocenters. The number of hydrogen-bond acceptors (Lipinski definition) is 3. The minimum atomic E-state index is 0.937. The lowest BCUT2D eigenvalue weighted by Crippen LogP contribution is -1.95. The highest BCUT2D eigenvalue weighted by molar-refractivity contribution is 5.65. The molecule has 82 valence electrons. The molecule has 0 amide bonds. The summed E-state index contributed by atoms with van der Waals surface area (Å²) in [6.45, 7) is 3.00. The molecule has 1 aromatic heterocycles. The highest BCUT2D eigenvalue weighted by atomic mass is 15.3. The van der Waals surface area contributed by atoms with Crippen molar-refractivity contribution >= 4 is 5.69 Å². The quantitative estimate of drug-likeness (QED) is 0.786. The monoisotopic (exact) mass is 214 g/mol. The van der Waals surface area contributed by atoms with Gasteiger partial charge in [0, 0.05) is 24.8 Å². The van der Waals surface area contributed by atoms with Gasteiger partial charge in [-0.3, -0.25) is 0 Å². The predicted molar refractivity (Wildman–Crippen MR) is 63.4 cm³/mol. The number of nitrogens with zero attached hydrogens (tertiary/aromatic N) is 3. The molecule has 4 nitrogen and oxygen atoms in total. The smallest absolute Gasteiger partial charge is 0.163 e. The molecule has 0 atom stereocenters. The molecule has 0 radical (unpaired) electrons. The fraction of sp³-hybridized carbons (Fsp3) is 0.333. The second-order valence-electron chi connectivity index (χ2n) is 4.18. The summed E-state index contributed by atoms with van der Waals surface area (Å²) in [5.41, 5.74) is 3.77. The van der Waals surface area contributed by atoms with E-state index in [9.17, 15) is 0 Å². The largest absolute Gasteiger partial charge is 0.384 e. The Morgan fingerprint density at radius 1 is 1.31 bits per heavy atom. The maximum Gasteiger partial charge on any atom is 0.163 e. The molecular formula is C12H14N4. The summed E-state index contributed by atoms with van der Waals surface area (Å²) in [7, 11) is 2.00. The minimum Gasteiger partial charge on any atom is -0.384 e. The van der Waals surface area contributed by atoms with Gasteiger partial charge in [-0.2, -0.15) is 0 Å². The van der Waals surface area contributed by atoms with Crippen molar-refractivity contribution < 1.29 is 0 Å². The molecule has 1 aliphatic heterocycles. The number of benzene rings is 1. The second-order valence-corrected chi connectivity index (χ2v) is 4.18. The van der Waals surface area contributed by atoms with Crippen molar-refractivity contribution in [3.05, 3.63) is 29.6 Å². The summed E-state index contributed by atoms with van der Waals surface area (Å²) in [5.74, 6) is 1.88. The summed E-state index contributed by atoms with van der Waals surface area (Å²) >= 11 is 0. The van der Waals surface area contributed by atoms with Gasteiger partial charge in [0.1, 0.15) is 5.82 Å². The molecule has 2 heterocycles. The molecule has 16 heavy (non-hydrogen) atoms. The third-order valence-corrected chi connectivity index (χ3v) is 3.17. The van der Waals surface area contributed by atoms with Crippen LogP contribution in [0.25, 0.3) is 11.4 Å². The number of nitrogens with one attached hydrogen (secondary N) is 1. The Balaban J connectivity index is 2.10. The van der Waals surface area contributed by atoms with Gasteiger partial charge in [0.2, 0.25) is 0 Å². The van der Waals surface area contributed by atoms with Crippen molar-refractivity contribution in [1.29, 1.82) is 0 Å². The first-order valence-electron chi connectivity index (χ1n) is 5.49. The van der Waals surface area contributed by atoms with Gasteiger partial charge < -0.3 is 9.88 Å². The van der Waals surface area contributed by atoms with E-state index in [4.69, 9.17) is 0 Å². The maximum atomic E-state index is 4.20. The summed E-state index contributed by atoms with van der Waals surface area (Å²) in [6.07, 6.45) is 1.10. The van der Waals surface area contributed by atoms with Crippen molar-refractivity contribution in [2.45, 2.75) is 13.3 Å². The molecule has 0 spiro atoms. The van der Waals surface area contributed by atoms with Gasteiger partial charge >= 0.3 is 0 Å².